The number of imidazole rings is 1. The number of benzene rings is 2. The molecule has 2 aromatic heterocycles. The van der Waals surface area contributed by atoms with Crippen molar-refractivity contribution in [2.75, 3.05) is 20.2 Å². The fourth-order valence-electron chi connectivity index (χ4n) is 5.74. The van der Waals surface area contributed by atoms with Crippen molar-refractivity contribution < 1.29 is 9.53 Å². The third-order valence-corrected chi connectivity index (χ3v) is 7.29. The Balaban J connectivity index is 1.43. The van der Waals surface area contributed by atoms with Crippen molar-refractivity contribution in [2.24, 2.45) is 5.92 Å². The van der Waals surface area contributed by atoms with E-state index >= 15 is 0 Å². The number of urea groups is 1. The number of aromatic nitrogens is 3. The first-order valence-corrected chi connectivity index (χ1v) is 12.5. The fourth-order valence-corrected chi connectivity index (χ4v) is 5.74. The summed E-state index contributed by atoms with van der Waals surface area (Å²) in [5.74, 6) is 2.14. The van der Waals surface area contributed by atoms with Crippen molar-refractivity contribution in [3.63, 3.8) is 0 Å². The molecule has 3 atom stereocenters. The minimum absolute atomic E-state index is 0.000616. The molecule has 0 bridgehead atoms. The van der Waals surface area contributed by atoms with Gasteiger partial charge in [-0.15, -0.1) is 0 Å². The fraction of sp³-hybridized carbons (Fsp3) is 0.345. The van der Waals surface area contributed by atoms with E-state index in [1.807, 2.05) is 44.0 Å². The molecule has 6 rings (SSSR count). The maximum atomic E-state index is 13.0. The molecule has 4 heterocycles. The molecule has 1 fully saturated rings. The number of fused-ring (bicyclic) bond motifs is 5. The number of likely N-dealkylation sites (tertiary alicyclic amines) is 1. The van der Waals surface area contributed by atoms with Gasteiger partial charge in [-0.25, -0.2) is 14.8 Å². The van der Waals surface area contributed by atoms with Gasteiger partial charge in [-0.1, -0.05) is 36.4 Å². The first kappa shape index (κ1) is 22.6. The molecule has 2 amide bonds. The van der Waals surface area contributed by atoms with E-state index in [2.05, 4.69) is 63.4 Å². The van der Waals surface area contributed by atoms with E-state index in [-0.39, 0.29) is 29.4 Å². The molecule has 0 radical (unpaired) electrons. The first-order chi connectivity index (χ1) is 17.3. The van der Waals surface area contributed by atoms with Crippen molar-refractivity contribution in [2.45, 2.75) is 38.3 Å². The zero-order chi connectivity index (χ0) is 25.0. The summed E-state index contributed by atoms with van der Waals surface area (Å²) in [6, 6.07) is 21.1. The highest BCUT2D eigenvalue weighted by atomic mass is 16.5. The zero-order valence-electron chi connectivity index (χ0n) is 21.1. The molecule has 0 aliphatic carbocycles. The SMILES string of the molecule is COc1ccc(-c2ccc3nc4n(c3c2)[C@H](c2ccccc2)[C@@H]2CN(C(=O)NC(C)(C)C)C[C@H]42)cn1. The van der Waals surface area contributed by atoms with E-state index in [1.54, 1.807) is 7.11 Å². The predicted octanol–water partition coefficient (Wildman–Crippen LogP) is 5.23. The molecule has 36 heavy (non-hydrogen) atoms. The highest BCUT2D eigenvalue weighted by Crippen LogP contribution is 2.50. The molecular weight excluding hydrogens is 450 g/mol. The molecule has 4 aromatic rings. The van der Waals surface area contributed by atoms with Gasteiger partial charge in [0.25, 0.3) is 0 Å². The van der Waals surface area contributed by atoms with Gasteiger partial charge in [0.15, 0.2) is 0 Å². The average molecular weight is 482 g/mol. The maximum Gasteiger partial charge on any atom is 0.317 e. The summed E-state index contributed by atoms with van der Waals surface area (Å²) in [6.45, 7) is 7.44. The van der Waals surface area contributed by atoms with Crippen LogP contribution in [0.4, 0.5) is 4.79 Å². The van der Waals surface area contributed by atoms with Crippen LogP contribution in [0.3, 0.4) is 0 Å². The van der Waals surface area contributed by atoms with Crippen molar-refractivity contribution in [1.29, 1.82) is 0 Å². The Kier molecular flexibility index (Phi) is 5.25. The molecule has 2 aliphatic heterocycles. The van der Waals surface area contributed by atoms with Gasteiger partial charge in [-0.05, 0) is 50.1 Å². The first-order valence-electron chi connectivity index (χ1n) is 12.5. The van der Waals surface area contributed by atoms with E-state index in [4.69, 9.17) is 9.72 Å². The van der Waals surface area contributed by atoms with Gasteiger partial charge >= 0.3 is 6.03 Å². The smallest absolute Gasteiger partial charge is 0.317 e. The number of nitrogens with zero attached hydrogens (tertiary/aromatic N) is 4. The summed E-state index contributed by atoms with van der Waals surface area (Å²) in [4.78, 5) is 24.5. The van der Waals surface area contributed by atoms with Crippen LogP contribution in [0.15, 0.2) is 66.9 Å². The third kappa shape index (κ3) is 3.79. The van der Waals surface area contributed by atoms with Crippen LogP contribution in [0.5, 0.6) is 5.88 Å². The van der Waals surface area contributed by atoms with Gasteiger partial charge in [0.05, 0.1) is 24.2 Å². The lowest BCUT2D eigenvalue weighted by molar-refractivity contribution is 0.195. The Morgan fingerprint density at radius 3 is 2.50 bits per heavy atom. The van der Waals surface area contributed by atoms with Crippen molar-refractivity contribution in [1.82, 2.24) is 24.8 Å². The number of methoxy groups -OCH3 is 1. The van der Waals surface area contributed by atoms with Gasteiger partial charge in [-0.2, -0.15) is 0 Å². The predicted molar refractivity (Wildman–Crippen MR) is 140 cm³/mol. The molecule has 2 aromatic carbocycles. The van der Waals surface area contributed by atoms with Crippen LogP contribution in [0, 0.1) is 5.92 Å². The molecule has 7 nitrogen and oxygen atoms in total. The molecule has 2 aliphatic rings. The van der Waals surface area contributed by atoms with Crippen LogP contribution in [0.25, 0.3) is 22.2 Å². The minimum Gasteiger partial charge on any atom is -0.481 e. The molecule has 0 saturated carbocycles. The molecular formula is C29H31N5O2. The quantitative estimate of drug-likeness (QED) is 0.435. The molecule has 1 saturated heterocycles. The van der Waals surface area contributed by atoms with E-state index in [1.165, 1.54) is 5.56 Å². The van der Waals surface area contributed by atoms with Crippen LogP contribution in [0.1, 0.15) is 44.1 Å². The Bertz CT molecular complexity index is 1420. The number of pyridine rings is 1. The summed E-state index contributed by atoms with van der Waals surface area (Å²) in [5.41, 5.74) is 5.20. The zero-order valence-corrected chi connectivity index (χ0v) is 21.1. The van der Waals surface area contributed by atoms with Crippen molar-refractivity contribution in [3.05, 3.63) is 78.2 Å². The number of rotatable bonds is 3. The lowest BCUT2D eigenvalue weighted by Gasteiger charge is -2.27. The Hall–Kier alpha value is -3.87. The number of carbonyl (C=O) groups is 1. The number of nitrogens with one attached hydrogen (secondary N) is 1. The second kappa shape index (κ2) is 8.36. The van der Waals surface area contributed by atoms with Crippen LogP contribution in [0.2, 0.25) is 0 Å². The van der Waals surface area contributed by atoms with Gasteiger partial charge in [0.2, 0.25) is 5.88 Å². The number of carbonyl (C=O) groups excluding carboxylic acids is 1. The summed E-state index contributed by atoms with van der Waals surface area (Å²) in [7, 11) is 1.62. The summed E-state index contributed by atoms with van der Waals surface area (Å²) in [5, 5.41) is 3.13. The average Bonchev–Trinajstić information content (AvgIpc) is 3.53. The standard InChI is InChI=1S/C29H31N5O2/c1-29(2,3)32-28(35)33-16-21-22(17-33)27-31-23-12-10-19(20-11-13-25(36-4)30-15-20)14-24(23)34(27)26(21)18-8-6-5-7-9-18/h5-15,21-22,26H,16-17H2,1-4H3,(H,32,35)/t21-,22+,26-/m1/s1. The number of hydrogen-bond acceptors (Lipinski definition) is 4. The number of amides is 2. The van der Waals surface area contributed by atoms with E-state index in [9.17, 15) is 4.79 Å². The highest BCUT2D eigenvalue weighted by molar-refractivity contribution is 5.83. The van der Waals surface area contributed by atoms with Crippen LogP contribution >= 0.6 is 0 Å². The van der Waals surface area contributed by atoms with E-state index < -0.39 is 0 Å². The highest BCUT2D eigenvalue weighted by Gasteiger charge is 2.50. The third-order valence-electron chi connectivity index (χ3n) is 7.29. The number of hydrogen-bond donors (Lipinski definition) is 1. The largest absolute Gasteiger partial charge is 0.481 e. The van der Waals surface area contributed by atoms with Gasteiger partial charge < -0.3 is 19.5 Å². The summed E-state index contributed by atoms with van der Waals surface area (Å²) in [6.07, 6.45) is 1.84. The Labute approximate surface area is 211 Å². The Morgan fingerprint density at radius 2 is 1.81 bits per heavy atom. The lowest BCUT2D eigenvalue weighted by Crippen LogP contribution is -2.48. The van der Waals surface area contributed by atoms with Gasteiger partial charge in [0.1, 0.15) is 5.82 Å². The number of ether oxygens (including phenoxy) is 1. The normalized spacial score (nSPS) is 20.9. The topological polar surface area (TPSA) is 72.3 Å². The maximum absolute atomic E-state index is 13.0. The molecule has 1 N–H and O–H groups in total. The van der Waals surface area contributed by atoms with E-state index in [0.717, 1.165) is 28.0 Å². The lowest BCUT2D eigenvalue weighted by atomic mass is 9.88. The summed E-state index contributed by atoms with van der Waals surface area (Å²) < 4.78 is 7.64. The van der Waals surface area contributed by atoms with Crippen molar-refractivity contribution >= 4 is 17.1 Å². The van der Waals surface area contributed by atoms with Crippen LogP contribution in [-0.4, -0.2) is 51.2 Å². The van der Waals surface area contributed by atoms with E-state index in [0.29, 0.717) is 19.0 Å². The second-order valence-electron chi connectivity index (χ2n) is 10.8. The Morgan fingerprint density at radius 1 is 1.03 bits per heavy atom. The summed E-state index contributed by atoms with van der Waals surface area (Å²) >= 11 is 0. The molecule has 7 heteroatoms. The minimum atomic E-state index is -0.270. The van der Waals surface area contributed by atoms with Gasteiger partial charge in [0, 0.05) is 48.3 Å². The molecule has 0 unspecified atom stereocenters. The van der Waals surface area contributed by atoms with Gasteiger partial charge in [-0.3, -0.25) is 0 Å². The van der Waals surface area contributed by atoms with Crippen LogP contribution < -0.4 is 10.1 Å². The monoisotopic (exact) mass is 481 g/mol. The van der Waals surface area contributed by atoms with Crippen LogP contribution in [-0.2, 0) is 0 Å². The second-order valence-corrected chi connectivity index (χ2v) is 10.8. The molecule has 184 valence electrons. The van der Waals surface area contributed by atoms with Crippen molar-refractivity contribution in [3.8, 4) is 17.0 Å². The molecule has 0 spiro atoms.